The molecule has 0 spiro atoms. The van der Waals surface area contributed by atoms with Gasteiger partial charge in [0.2, 0.25) is 0 Å². The van der Waals surface area contributed by atoms with E-state index in [1.807, 2.05) is 61.5 Å². The molecule has 4 rings (SSSR count). The number of allylic oxidation sites excluding steroid dienone is 1. The Morgan fingerprint density at radius 1 is 1.25 bits per heavy atom. The molecular formula is C25H27N3O3S. The lowest BCUT2D eigenvalue weighted by Gasteiger charge is -2.40. The molecule has 0 saturated carbocycles. The summed E-state index contributed by atoms with van der Waals surface area (Å²) in [6.45, 7) is 3.14. The lowest BCUT2D eigenvalue weighted by molar-refractivity contribution is -0.158. The van der Waals surface area contributed by atoms with Crippen molar-refractivity contribution in [1.82, 2.24) is 14.9 Å². The van der Waals surface area contributed by atoms with Crippen LogP contribution in [0.25, 0.3) is 16.8 Å². The highest BCUT2D eigenvalue weighted by Crippen LogP contribution is 2.37. The number of likely N-dealkylation sites (tertiary alicyclic amines) is 1. The Labute approximate surface area is 191 Å². The van der Waals surface area contributed by atoms with Gasteiger partial charge >= 0.3 is 5.97 Å². The fourth-order valence-electron chi connectivity index (χ4n) is 4.13. The summed E-state index contributed by atoms with van der Waals surface area (Å²) < 4.78 is 5.45. The molecule has 3 heterocycles. The molecule has 1 atom stereocenters. The Morgan fingerprint density at radius 2 is 2.09 bits per heavy atom. The molecule has 1 aliphatic heterocycles. The van der Waals surface area contributed by atoms with Crippen LogP contribution in [-0.2, 0) is 9.53 Å². The fourth-order valence-corrected chi connectivity index (χ4v) is 5.06. The normalized spacial score (nSPS) is 18.7. The van der Waals surface area contributed by atoms with E-state index >= 15 is 0 Å². The number of amides is 1. The summed E-state index contributed by atoms with van der Waals surface area (Å²) in [7, 11) is 0. The van der Waals surface area contributed by atoms with Gasteiger partial charge in [0.1, 0.15) is 5.82 Å². The van der Waals surface area contributed by atoms with Crippen LogP contribution in [0, 0.1) is 5.41 Å². The van der Waals surface area contributed by atoms with Gasteiger partial charge in [0.05, 0.1) is 21.8 Å². The van der Waals surface area contributed by atoms with Gasteiger partial charge in [-0.2, -0.15) is 0 Å². The van der Waals surface area contributed by atoms with Crippen molar-refractivity contribution in [3.05, 3.63) is 71.4 Å². The number of carbonyl (C=O) groups excluding carboxylic acids is 2. The second-order valence-corrected chi connectivity index (χ2v) is 9.03. The predicted molar refractivity (Wildman–Crippen MR) is 126 cm³/mol. The summed E-state index contributed by atoms with van der Waals surface area (Å²) in [6, 6.07) is 13.7. The van der Waals surface area contributed by atoms with Crippen molar-refractivity contribution < 1.29 is 14.3 Å². The van der Waals surface area contributed by atoms with Crippen molar-refractivity contribution in [2.24, 2.45) is 5.41 Å². The largest absolute Gasteiger partial charge is 0.466 e. The predicted octanol–water partition coefficient (Wildman–Crippen LogP) is 5.03. The number of nitrogens with one attached hydrogen (secondary N) is 1. The van der Waals surface area contributed by atoms with E-state index in [9.17, 15) is 9.59 Å². The van der Waals surface area contributed by atoms with Gasteiger partial charge in [0, 0.05) is 25.5 Å². The molecule has 0 bridgehead atoms. The molecule has 1 amide bonds. The number of rotatable bonds is 7. The van der Waals surface area contributed by atoms with Crippen LogP contribution in [0.5, 0.6) is 0 Å². The van der Waals surface area contributed by atoms with E-state index in [-0.39, 0.29) is 11.9 Å². The average Bonchev–Trinajstić information content (AvgIpc) is 3.52. The molecule has 1 fully saturated rings. The topological polar surface area (TPSA) is 75.3 Å². The monoisotopic (exact) mass is 449 g/mol. The Kier molecular flexibility index (Phi) is 6.85. The first-order valence-electron chi connectivity index (χ1n) is 10.9. The first-order valence-corrected chi connectivity index (χ1v) is 11.7. The molecular weight excluding hydrogens is 422 g/mol. The van der Waals surface area contributed by atoms with Gasteiger partial charge in [0.25, 0.3) is 5.91 Å². The van der Waals surface area contributed by atoms with E-state index in [0.717, 1.165) is 22.7 Å². The van der Waals surface area contributed by atoms with Gasteiger partial charge in [-0.1, -0.05) is 42.5 Å². The third-order valence-corrected chi connectivity index (χ3v) is 6.82. The fraction of sp³-hybridized carbons (Fsp3) is 0.320. The van der Waals surface area contributed by atoms with E-state index in [0.29, 0.717) is 37.4 Å². The Hall–Kier alpha value is -3.19. The zero-order valence-electron chi connectivity index (χ0n) is 18.1. The van der Waals surface area contributed by atoms with Gasteiger partial charge < -0.3 is 14.6 Å². The zero-order chi connectivity index (χ0) is 22.4. The lowest BCUT2D eigenvalue weighted by atomic mass is 9.76. The van der Waals surface area contributed by atoms with Crippen molar-refractivity contribution >= 4 is 29.3 Å². The van der Waals surface area contributed by atoms with Crippen LogP contribution >= 0.6 is 11.3 Å². The van der Waals surface area contributed by atoms with Crippen LogP contribution in [0.2, 0.25) is 0 Å². The minimum atomic E-state index is -0.726. The second-order valence-electron chi connectivity index (χ2n) is 7.95. The number of hydrogen-bond acceptors (Lipinski definition) is 5. The molecule has 0 unspecified atom stereocenters. The third-order valence-electron chi connectivity index (χ3n) is 5.74. The maximum absolute atomic E-state index is 13.3. The number of H-pyrrole nitrogens is 1. The number of aromatic nitrogens is 2. The molecule has 1 N–H and O–H groups in total. The van der Waals surface area contributed by atoms with Crippen LogP contribution in [0.4, 0.5) is 0 Å². The Bertz CT molecular complexity index is 1080. The first-order chi connectivity index (χ1) is 15.6. The van der Waals surface area contributed by atoms with Crippen LogP contribution in [0.15, 0.2) is 60.9 Å². The van der Waals surface area contributed by atoms with Gasteiger partial charge in [-0.05, 0) is 43.9 Å². The quantitative estimate of drug-likeness (QED) is 0.514. The molecule has 7 heteroatoms. The number of esters is 1. The van der Waals surface area contributed by atoms with Crippen molar-refractivity contribution in [3.63, 3.8) is 0 Å². The van der Waals surface area contributed by atoms with Gasteiger partial charge in [0.15, 0.2) is 0 Å². The highest BCUT2D eigenvalue weighted by molar-refractivity contribution is 7.17. The zero-order valence-corrected chi connectivity index (χ0v) is 18.9. The van der Waals surface area contributed by atoms with Crippen molar-refractivity contribution in [2.75, 3.05) is 19.7 Å². The van der Waals surface area contributed by atoms with Crippen LogP contribution in [0.3, 0.4) is 0 Å². The van der Waals surface area contributed by atoms with Gasteiger partial charge in [-0.15, -0.1) is 11.3 Å². The van der Waals surface area contributed by atoms with Crippen LogP contribution in [-0.4, -0.2) is 46.4 Å². The molecule has 0 radical (unpaired) electrons. The molecule has 3 aromatic rings. The number of hydrogen-bond donors (Lipinski definition) is 1. The summed E-state index contributed by atoms with van der Waals surface area (Å²) in [5.41, 5.74) is 0.357. The number of benzene rings is 1. The third kappa shape index (κ3) is 4.83. The first kappa shape index (κ1) is 22.0. The summed E-state index contributed by atoms with van der Waals surface area (Å²) in [5, 5.41) is 0. The lowest BCUT2D eigenvalue weighted by Crippen LogP contribution is -2.50. The number of ether oxygens (including phenoxy) is 1. The maximum atomic E-state index is 13.3. The highest BCUT2D eigenvalue weighted by Gasteiger charge is 2.44. The second kappa shape index (κ2) is 9.96. The van der Waals surface area contributed by atoms with Gasteiger partial charge in [-0.3, -0.25) is 9.59 Å². The summed E-state index contributed by atoms with van der Waals surface area (Å²) >= 11 is 1.41. The summed E-state index contributed by atoms with van der Waals surface area (Å²) in [5.74, 6) is 0.477. The van der Waals surface area contributed by atoms with E-state index in [4.69, 9.17) is 4.74 Å². The van der Waals surface area contributed by atoms with Crippen LogP contribution < -0.4 is 0 Å². The van der Waals surface area contributed by atoms with E-state index in [2.05, 4.69) is 9.97 Å². The number of piperidine rings is 1. The molecule has 32 heavy (non-hydrogen) atoms. The Balaban J connectivity index is 1.52. The summed E-state index contributed by atoms with van der Waals surface area (Å²) in [6.07, 6.45) is 9.51. The van der Waals surface area contributed by atoms with Crippen molar-refractivity contribution in [2.45, 2.75) is 26.2 Å². The van der Waals surface area contributed by atoms with E-state index < -0.39 is 5.41 Å². The summed E-state index contributed by atoms with van der Waals surface area (Å²) in [4.78, 5) is 37.0. The molecule has 2 aromatic heterocycles. The molecule has 0 aliphatic carbocycles. The molecule has 1 aromatic carbocycles. The SMILES string of the molecule is CCOC(=O)[C@@]1(C/C=C/c2ccccc2)CCCN(C(=O)c2ccc(-c3ncc[nH]3)s2)C1. The smallest absolute Gasteiger partial charge is 0.314 e. The van der Waals surface area contributed by atoms with Gasteiger partial charge in [-0.25, -0.2) is 4.98 Å². The number of aromatic amines is 1. The minimum Gasteiger partial charge on any atom is -0.466 e. The minimum absolute atomic E-state index is 0.0479. The van der Waals surface area contributed by atoms with Crippen LogP contribution in [0.1, 0.15) is 41.4 Å². The number of imidazole rings is 1. The number of nitrogens with zero attached hydrogens (tertiary/aromatic N) is 2. The maximum Gasteiger partial charge on any atom is 0.314 e. The van der Waals surface area contributed by atoms with Crippen molar-refractivity contribution in [1.29, 1.82) is 0 Å². The number of thiophene rings is 1. The van der Waals surface area contributed by atoms with E-state index in [1.54, 1.807) is 17.3 Å². The highest BCUT2D eigenvalue weighted by atomic mass is 32.1. The molecule has 1 saturated heterocycles. The molecule has 6 nitrogen and oxygen atoms in total. The molecule has 166 valence electrons. The van der Waals surface area contributed by atoms with E-state index in [1.165, 1.54) is 11.3 Å². The standard InChI is InChI=1S/C25H27N3O3S/c1-2-31-24(30)25(13-6-10-19-8-4-3-5-9-19)14-7-17-28(18-25)23(29)21-12-11-20(32-21)22-26-15-16-27-22/h3-6,8-12,15-16H,2,7,13-14,17-18H2,1H3,(H,26,27)/b10-6+/t25-/m0/s1. The number of carbonyl (C=O) groups is 2. The average molecular weight is 450 g/mol. The Morgan fingerprint density at radius 3 is 2.84 bits per heavy atom. The molecule has 1 aliphatic rings. The van der Waals surface area contributed by atoms with Crippen molar-refractivity contribution in [3.8, 4) is 10.7 Å².